The highest BCUT2D eigenvalue weighted by molar-refractivity contribution is 6.34. The van der Waals surface area contributed by atoms with Crippen LogP contribution >= 0.6 is 11.6 Å². The van der Waals surface area contributed by atoms with E-state index in [1.165, 1.54) is 6.33 Å². The summed E-state index contributed by atoms with van der Waals surface area (Å²) < 4.78 is 1.92. The van der Waals surface area contributed by atoms with Crippen LogP contribution < -0.4 is 0 Å². The molecule has 0 unspecified atom stereocenters. The minimum Gasteiger partial charge on any atom is -0.301 e. The van der Waals surface area contributed by atoms with Crippen LogP contribution in [0.1, 0.15) is 25.0 Å². The summed E-state index contributed by atoms with van der Waals surface area (Å²) in [4.78, 5) is 8.28. The molecule has 0 spiro atoms. The van der Waals surface area contributed by atoms with Gasteiger partial charge in [0.15, 0.2) is 0 Å². The molecular weight excluding hydrogens is 284 g/mol. The smallest absolute Gasteiger partial charge is 0.149 e. The van der Waals surface area contributed by atoms with E-state index in [1.54, 1.807) is 6.07 Å². The third kappa shape index (κ3) is 2.74. The molecule has 2 aromatic heterocycles. The van der Waals surface area contributed by atoms with E-state index in [0.717, 1.165) is 22.3 Å². The van der Waals surface area contributed by atoms with E-state index in [4.69, 9.17) is 16.9 Å². The maximum absolute atomic E-state index is 8.97. The molecule has 0 amide bonds. The highest BCUT2D eigenvalue weighted by Crippen LogP contribution is 2.27. The Morgan fingerprint density at radius 1 is 1.24 bits per heavy atom. The van der Waals surface area contributed by atoms with Crippen molar-refractivity contribution in [3.8, 4) is 11.8 Å². The van der Waals surface area contributed by atoms with Gasteiger partial charge in [0.05, 0.1) is 17.0 Å². The molecule has 0 saturated heterocycles. The van der Waals surface area contributed by atoms with Crippen LogP contribution in [0.3, 0.4) is 0 Å². The molecule has 0 atom stereocenters. The van der Waals surface area contributed by atoms with E-state index in [0.29, 0.717) is 10.7 Å². The van der Waals surface area contributed by atoms with Crippen LogP contribution in [-0.2, 0) is 0 Å². The predicted molar refractivity (Wildman–Crippen MR) is 84.7 cm³/mol. The Balaban J connectivity index is 0.000000774. The average Bonchev–Trinajstić information content (AvgIpc) is 2.88. The minimum absolute atomic E-state index is 0.442. The standard InChI is InChI=1S/C14H9ClN4.C2H6/c1-9-7-19(11-4-2-3-10(5-11)6-16)14-12(9)13(15)17-8-18-14;1-2/h2-5,7-8H,1H3;1-2H3. The molecule has 0 N–H and O–H groups in total. The maximum Gasteiger partial charge on any atom is 0.149 e. The molecule has 0 fully saturated rings. The van der Waals surface area contributed by atoms with E-state index >= 15 is 0 Å². The number of halogens is 1. The van der Waals surface area contributed by atoms with Crippen LogP contribution in [0.25, 0.3) is 16.7 Å². The van der Waals surface area contributed by atoms with Crippen molar-refractivity contribution in [2.24, 2.45) is 0 Å². The van der Waals surface area contributed by atoms with Gasteiger partial charge < -0.3 is 4.57 Å². The van der Waals surface area contributed by atoms with Gasteiger partial charge in [0.2, 0.25) is 0 Å². The summed E-state index contributed by atoms with van der Waals surface area (Å²) in [6.45, 7) is 5.96. The van der Waals surface area contributed by atoms with Crippen LogP contribution in [0.4, 0.5) is 0 Å². The molecule has 1 aromatic carbocycles. The molecule has 0 radical (unpaired) electrons. The summed E-state index contributed by atoms with van der Waals surface area (Å²) in [7, 11) is 0. The van der Waals surface area contributed by atoms with Gasteiger partial charge in [0.1, 0.15) is 17.1 Å². The molecule has 3 aromatic rings. The number of aromatic nitrogens is 3. The van der Waals surface area contributed by atoms with Gasteiger partial charge in [-0.15, -0.1) is 0 Å². The first-order valence-corrected chi connectivity index (χ1v) is 7.07. The lowest BCUT2D eigenvalue weighted by Crippen LogP contribution is -1.94. The zero-order chi connectivity index (χ0) is 15.4. The Morgan fingerprint density at radius 3 is 2.71 bits per heavy atom. The number of nitrogens with zero attached hydrogens (tertiary/aromatic N) is 4. The number of fused-ring (bicyclic) bond motifs is 1. The van der Waals surface area contributed by atoms with Crippen molar-refractivity contribution in [1.29, 1.82) is 5.26 Å². The van der Waals surface area contributed by atoms with Crippen LogP contribution in [0.2, 0.25) is 5.15 Å². The lowest BCUT2D eigenvalue weighted by atomic mass is 10.2. The highest BCUT2D eigenvalue weighted by atomic mass is 35.5. The summed E-state index contributed by atoms with van der Waals surface area (Å²) in [5, 5.41) is 10.2. The van der Waals surface area contributed by atoms with Gasteiger partial charge in [-0.25, -0.2) is 9.97 Å². The first kappa shape index (κ1) is 15.0. The second kappa shape index (κ2) is 6.38. The third-order valence-corrected chi connectivity index (χ3v) is 3.27. The van der Waals surface area contributed by atoms with E-state index < -0.39 is 0 Å². The normalized spacial score (nSPS) is 9.86. The van der Waals surface area contributed by atoms with Crippen LogP contribution in [0.5, 0.6) is 0 Å². The Morgan fingerprint density at radius 2 is 2.00 bits per heavy atom. The van der Waals surface area contributed by atoms with Gasteiger partial charge in [0.25, 0.3) is 0 Å². The lowest BCUT2D eigenvalue weighted by Gasteiger charge is -2.04. The Kier molecular flexibility index (Phi) is 4.56. The van der Waals surface area contributed by atoms with Crippen molar-refractivity contribution in [3.05, 3.63) is 53.1 Å². The van der Waals surface area contributed by atoms with Gasteiger partial charge in [-0.3, -0.25) is 0 Å². The number of nitriles is 1. The highest BCUT2D eigenvalue weighted by Gasteiger charge is 2.12. The van der Waals surface area contributed by atoms with Crippen molar-refractivity contribution in [2.75, 3.05) is 0 Å². The third-order valence-electron chi connectivity index (χ3n) is 2.98. The van der Waals surface area contributed by atoms with Gasteiger partial charge in [0, 0.05) is 11.9 Å². The molecule has 0 aliphatic heterocycles. The van der Waals surface area contributed by atoms with Gasteiger partial charge in [-0.05, 0) is 30.7 Å². The van der Waals surface area contributed by atoms with Crippen molar-refractivity contribution < 1.29 is 0 Å². The Labute approximate surface area is 128 Å². The molecule has 2 heterocycles. The fraction of sp³-hybridized carbons (Fsp3) is 0.188. The molecule has 0 saturated carbocycles. The van der Waals surface area contributed by atoms with Crippen LogP contribution in [-0.4, -0.2) is 14.5 Å². The molecule has 0 aliphatic rings. The topological polar surface area (TPSA) is 54.5 Å². The molecule has 4 nitrogen and oxygen atoms in total. The number of hydrogen-bond donors (Lipinski definition) is 0. The van der Waals surface area contributed by atoms with Gasteiger partial charge in [-0.1, -0.05) is 31.5 Å². The molecule has 0 bridgehead atoms. The Hall–Kier alpha value is -2.38. The first-order chi connectivity index (χ1) is 10.2. The summed E-state index contributed by atoms with van der Waals surface area (Å²) in [6.07, 6.45) is 3.39. The van der Waals surface area contributed by atoms with E-state index in [1.807, 2.05) is 49.7 Å². The summed E-state index contributed by atoms with van der Waals surface area (Å²) in [5.41, 5.74) is 3.24. The van der Waals surface area contributed by atoms with Crippen molar-refractivity contribution in [1.82, 2.24) is 14.5 Å². The first-order valence-electron chi connectivity index (χ1n) is 6.69. The fourth-order valence-electron chi connectivity index (χ4n) is 2.12. The number of benzene rings is 1. The quantitative estimate of drug-likeness (QED) is 0.630. The SMILES string of the molecule is CC.Cc1cn(-c2cccc(C#N)c2)c2ncnc(Cl)c12. The largest absolute Gasteiger partial charge is 0.301 e. The minimum atomic E-state index is 0.442. The zero-order valence-corrected chi connectivity index (χ0v) is 12.9. The van der Waals surface area contributed by atoms with Gasteiger partial charge in [-0.2, -0.15) is 5.26 Å². The second-order valence-corrected chi connectivity index (χ2v) is 4.57. The number of hydrogen-bond acceptors (Lipinski definition) is 3. The summed E-state index contributed by atoms with van der Waals surface area (Å²) in [5.74, 6) is 0. The van der Waals surface area contributed by atoms with Crippen LogP contribution in [0, 0.1) is 18.3 Å². The second-order valence-electron chi connectivity index (χ2n) is 4.21. The zero-order valence-electron chi connectivity index (χ0n) is 12.1. The van der Waals surface area contributed by atoms with E-state index in [9.17, 15) is 0 Å². The van der Waals surface area contributed by atoms with Crippen LogP contribution in [0.15, 0.2) is 36.8 Å². The molecule has 0 aliphatic carbocycles. The molecule has 3 rings (SSSR count). The van der Waals surface area contributed by atoms with Crippen molar-refractivity contribution >= 4 is 22.6 Å². The monoisotopic (exact) mass is 298 g/mol. The van der Waals surface area contributed by atoms with E-state index in [-0.39, 0.29) is 0 Å². The molecule has 106 valence electrons. The summed E-state index contributed by atoms with van der Waals surface area (Å²) >= 11 is 6.10. The maximum atomic E-state index is 8.97. The summed E-state index contributed by atoms with van der Waals surface area (Å²) in [6, 6.07) is 9.48. The average molecular weight is 299 g/mol. The van der Waals surface area contributed by atoms with Crippen molar-refractivity contribution in [2.45, 2.75) is 20.8 Å². The van der Waals surface area contributed by atoms with E-state index in [2.05, 4.69) is 16.0 Å². The van der Waals surface area contributed by atoms with Gasteiger partial charge >= 0.3 is 0 Å². The van der Waals surface area contributed by atoms with Crippen molar-refractivity contribution in [3.63, 3.8) is 0 Å². The molecule has 5 heteroatoms. The molecular formula is C16H15ClN4. The predicted octanol–water partition coefficient (Wildman–Crippen LogP) is 4.28. The lowest BCUT2D eigenvalue weighted by molar-refractivity contribution is 1.07. The number of rotatable bonds is 1. The fourth-order valence-corrected chi connectivity index (χ4v) is 2.40. The number of aryl methyl sites for hydroxylation is 1. The Bertz CT molecular complexity index is 815. The molecule has 21 heavy (non-hydrogen) atoms.